The molecule has 88 valence electrons. The van der Waals surface area contributed by atoms with E-state index in [0.717, 1.165) is 32.6 Å². The van der Waals surface area contributed by atoms with Gasteiger partial charge in [-0.05, 0) is 28.4 Å². The SMILES string of the molecule is C=CC[C@H](c1cc(Br)cs1)N1CCNCC1. The minimum atomic E-state index is 0.510. The average molecular weight is 301 g/mol. The van der Waals surface area contributed by atoms with Crippen LogP contribution in [0.3, 0.4) is 0 Å². The molecule has 0 bridgehead atoms. The van der Waals surface area contributed by atoms with E-state index in [-0.39, 0.29) is 0 Å². The van der Waals surface area contributed by atoms with Gasteiger partial charge >= 0.3 is 0 Å². The third-order valence-corrected chi connectivity index (χ3v) is 4.69. The summed E-state index contributed by atoms with van der Waals surface area (Å²) in [5.41, 5.74) is 0. The molecule has 1 aliphatic heterocycles. The summed E-state index contributed by atoms with van der Waals surface area (Å²) < 4.78 is 1.19. The van der Waals surface area contributed by atoms with Crippen LogP contribution in [0.15, 0.2) is 28.6 Å². The van der Waals surface area contributed by atoms with E-state index >= 15 is 0 Å². The quantitative estimate of drug-likeness (QED) is 0.860. The van der Waals surface area contributed by atoms with Crippen molar-refractivity contribution >= 4 is 27.3 Å². The molecule has 0 unspecified atom stereocenters. The van der Waals surface area contributed by atoms with Crippen molar-refractivity contribution in [3.05, 3.63) is 33.5 Å². The van der Waals surface area contributed by atoms with Gasteiger partial charge in [-0.15, -0.1) is 17.9 Å². The van der Waals surface area contributed by atoms with Crippen molar-refractivity contribution < 1.29 is 0 Å². The molecule has 0 spiro atoms. The van der Waals surface area contributed by atoms with E-state index < -0.39 is 0 Å². The minimum Gasteiger partial charge on any atom is -0.314 e. The van der Waals surface area contributed by atoms with E-state index in [1.54, 1.807) is 0 Å². The Hall–Kier alpha value is -0.160. The highest BCUT2D eigenvalue weighted by Crippen LogP contribution is 2.32. The van der Waals surface area contributed by atoms with E-state index in [1.807, 2.05) is 17.4 Å². The monoisotopic (exact) mass is 300 g/mol. The van der Waals surface area contributed by atoms with Crippen molar-refractivity contribution in [3.8, 4) is 0 Å². The van der Waals surface area contributed by atoms with Crippen LogP contribution in [-0.4, -0.2) is 31.1 Å². The van der Waals surface area contributed by atoms with Crippen LogP contribution in [0.4, 0.5) is 0 Å². The van der Waals surface area contributed by atoms with Gasteiger partial charge in [-0.3, -0.25) is 4.90 Å². The molecule has 2 heterocycles. The third-order valence-electron chi connectivity index (χ3n) is 2.90. The maximum atomic E-state index is 3.88. The number of halogens is 1. The lowest BCUT2D eigenvalue weighted by Crippen LogP contribution is -2.44. The number of nitrogens with one attached hydrogen (secondary N) is 1. The highest BCUT2D eigenvalue weighted by Gasteiger charge is 2.22. The van der Waals surface area contributed by atoms with Crippen LogP contribution >= 0.6 is 27.3 Å². The predicted octanol–water partition coefficient (Wildman–Crippen LogP) is 3.03. The maximum Gasteiger partial charge on any atom is 0.0477 e. The molecule has 2 nitrogen and oxygen atoms in total. The normalized spacial score (nSPS) is 19.6. The first-order valence-corrected chi connectivity index (χ1v) is 7.28. The number of piperazine rings is 1. The Labute approximate surface area is 109 Å². The van der Waals surface area contributed by atoms with Gasteiger partial charge in [0.05, 0.1) is 0 Å². The van der Waals surface area contributed by atoms with Gasteiger partial charge in [0.25, 0.3) is 0 Å². The Balaban J connectivity index is 2.12. The maximum absolute atomic E-state index is 3.88. The largest absolute Gasteiger partial charge is 0.314 e. The first-order valence-electron chi connectivity index (χ1n) is 5.61. The van der Waals surface area contributed by atoms with Crippen LogP contribution in [0.25, 0.3) is 0 Å². The number of hydrogen-bond acceptors (Lipinski definition) is 3. The van der Waals surface area contributed by atoms with Crippen LogP contribution in [0.2, 0.25) is 0 Å². The summed E-state index contributed by atoms with van der Waals surface area (Å²) in [5.74, 6) is 0. The lowest BCUT2D eigenvalue weighted by Gasteiger charge is -2.34. The van der Waals surface area contributed by atoms with Gasteiger partial charge in [-0.25, -0.2) is 0 Å². The lowest BCUT2D eigenvalue weighted by atomic mass is 10.1. The van der Waals surface area contributed by atoms with Crippen molar-refractivity contribution in [1.82, 2.24) is 10.2 Å². The number of thiophene rings is 1. The summed E-state index contributed by atoms with van der Waals surface area (Å²) in [6.07, 6.45) is 3.06. The molecular formula is C12H17BrN2S. The highest BCUT2D eigenvalue weighted by molar-refractivity contribution is 9.10. The highest BCUT2D eigenvalue weighted by atomic mass is 79.9. The Morgan fingerprint density at radius 1 is 1.56 bits per heavy atom. The second kappa shape index (κ2) is 5.96. The Bertz CT molecular complexity index is 345. The number of rotatable bonds is 4. The predicted molar refractivity (Wildman–Crippen MR) is 74.0 cm³/mol. The molecule has 0 saturated carbocycles. The first-order chi connectivity index (χ1) is 7.81. The number of nitrogens with zero attached hydrogens (tertiary/aromatic N) is 1. The minimum absolute atomic E-state index is 0.510. The zero-order chi connectivity index (χ0) is 11.4. The molecule has 1 aromatic rings. The van der Waals surface area contributed by atoms with E-state index in [2.05, 4.69) is 44.2 Å². The van der Waals surface area contributed by atoms with Gasteiger partial charge in [0.2, 0.25) is 0 Å². The van der Waals surface area contributed by atoms with Crippen LogP contribution in [0.5, 0.6) is 0 Å². The van der Waals surface area contributed by atoms with Crippen LogP contribution in [0.1, 0.15) is 17.3 Å². The molecule has 4 heteroatoms. The number of hydrogen-bond donors (Lipinski definition) is 1. The lowest BCUT2D eigenvalue weighted by molar-refractivity contribution is 0.177. The van der Waals surface area contributed by atoms with Gasteiger partial charge in [-0.2, -0.15) is 0 Å². The second-order valence-corrected chi connectivity index (χ2v) is 5.85. The van der Waals surface area contributed by atoms with Crippen molar-refractivity contribution in [2.75, 3.05) is 26.2 Å². The van der Waals surface area contributed by atoms with Gasteiger partial charge < -0.3 is 5.32 Å². The van der Waals surface area contributed by atoms with E-state index in [1.165, 1.54) is 9.35 Å². The Kier molecular flexibility index (Phi) is 4.58. The smallest absolute Gasteiger partial charge is 0.0477 e. The third kappa shape index (κ3) is 2.94. The van der Waals surface area contributed by atoms with Gasteiger partial charge in [0, 0.05) is 47.0 Å². The Morgan fingerprint density at radius 2 is 2.31 bits per heavy atom. The zero-order valence-electron chi connectivity index (χ0n) is 9.29. The van der Waals surface area contributed by atoms with Crippen molar-refractivity contribution in [2.45, 2.75) is 12.5 Å². The van der Waals surface area contributed by atoms with Crippen LogP contribution in [0, 0.1) is 0 Å². The first kappa shape index (κ1) is 12.3. The summed E-state index contributed by atoms with van der Waals surface area (Å²) in [6, 6.07) is 2.75. The standard InChI is InChI=1S/C12H17BrN2S/c1-2-3-11(12-8-10(13)9-16-12)15-6-4-14-5-7-15/h2,8-9,11,14H,1,3-7H2/t11-/m1/s1. The summed E-state index contributed by atoms with van der Waals surface area (Å²) in [7, 11) is 0. The van der Waals surface area contributed by atoms with Gasteiger partial charge in [-0.1, -0.05) is 6.08 Å². The zero-order valence-corrected chi connectivity index (χ0v) is 11.7. The molecule has 1 aliphatic rings. The fraction of sp³-hybridized carbons (Fsp3) is 0.500. The fourth-order valence-electron chi connectivity index (χ4n) is 2.10. The second-order valence-electron chi connectivity index (χ2n) is 3.99. The molecule has 0 aliphatic carbocycles. The summed E-state index contributed by atoms with van der Waals surface area (Å²) >= 11 is 5.36. The summed E-state index contributed by atoms with van der Waals surface area (Å²) in [4.78, 5) is 3.99. The fourth-order valence-corrected chi connectivity index (χ4v) is 3.69. The molecule has 2 rings (SSSR count). The summed E-state index contributed by atoms with van der Waals surface area (Å²) in [6.45, 7) is 8.34. The van der Waals surface area contributed by atoms with E-state index in [0.29, 0.717) is 6.04 Å². The van der Waals surface area contributed by atoms with E-state index in [9.17, 15) is 0 Å². The Morgan fingerprint density at radius 3 is 2.88 bits per heavy atom. The molecule has 1 aromatic heterocycles. The molecule has 0 aromatic carbocycles. The van der Waals surface area contributed by atoms with Crippen LogP contribution < -0.4 is 5.32 Å². The van der Waals surface area contributed by atoms with Crippen LogP contribution in [-0.2, 0) is 0 Å². The summed E-state index contributed by atoms with van der Waals surface area (Å²) in [5, 5.41) is 5.56. The molecule has 1 fully saturated rings. The van der Waals surface area contributed by atoms with Crippen molar-refractivity contribution in [1.29, 1.82) is 0 Å². The molecule has 0 amide bonds. The molecule has 16 heavy (non-hydrogen) atoms. The van der Waals surface area contributed by atoms with Gasteiger partial charge in [0.15, 0.2) is 0 Å². The van der Waals surface area contributed by atoms with E-state index in [4.69, 9.17) is 0 Å². The van der Waals surface area contributed by atoms with Crippen molar-refractivity contribution in [3.63, 3.8) is 0 Å². The molecule has 1 N–H and O–H groups in total. The topological polar surface area (TPSA) is 15.3 Å². The average Bonchev–Trinajstić information content (AvgIpc) is 2.74. The van der Waals surface area contributed by atoms with Gasteiger partial charge in [0.1, 0.15) is 0 Å². The molecule has 1 atom stereocenters. The molecular weight excluding hydrogens is 284 g/mol. The molecule has 1 saturated heterocycles. The molecule has 0 radical (unpaired) electrons. The van der Waals surface area contributed by atoms with Crippen molar-refractivity contribution in [2.24, 2.45) is 0 Å².